The van der Waals surface area contributed by atoms with E-state index in [1.165, 1.54) is 12.7 Å². The number of carbonyl (C=O) groups excluding carboxylic acids is 2. The molecule has 0 aromatic heterocycles. The lowest BCUT2D eigenvalue weighted by molar-refractivity contribution is -0.123. The van der Waals surface area contributed by atoms with E-state index in [0.717, 1.165) is 25.2 Å². The number of ether oxygens (including phenoxy) is 2. The Labute approximate surface area is 191 Å². The fourth-order valence-electron chi connectivity index (χ4n) is 3.28. The normalized spacial score (nSPS) is 10.8. The van der Waals surface area contributed by atoms with Gasteiger partial charge in [0.2, 0.25) is 0 Å². The predicted molar refractivity (Wildman–Crippen MR) is 126 cm³/mol. The Kier molecular flexibility index (Phi) is 10.0. The van der Waals surface area contributed by atoms with E-state index in [0.29, 0.717) is 23.6 Å². The topological polar surface area (TPSA) is 79.9 Å². The summed E-state index contributed by atoms with van der Waals surface area (Å²) in [5.41, 5.74) is 2.76. The zero-order valence-corrected chi connectivity index (χ0v) is 19.7. The number of hydrogen-bond acceptors (Lipinski definition) is 5. The number of rotatable bonds is 12. The van der Waals surface area contributed by atoms with Crippen LogP contribution in [-0.2, 0) is 17.9 Å². The summed E-state index contributed by atoms with van der Waals surface area (Å²) in [4.78, 5) is 26.9. The zero-order chi connectivity index (χ0) is 23.5. The highest BCUT2D eigenvalue weighted by atomic mass is 16.5. The van der Waals surface area contributed by atoms with Crippen molar-refractivity contribution < 1.29 is 19.1 Å². The van der Waals surface area contributed by atoms with E-state index in [1.54, 1.807) is 18.2 Å². The minimum absolute atomic E-state index is 0.0382. The van der Waals surface area contributed by atoms with Crippen LogP contribution < -0.4 is 20.1 Å². The molecule has 0 saturated heterocycles. The number of carbonyl (C=O) groups is 2. The van der Waals surface area contributed by atoms with E-state index >= 15 is 0 Å². The quantitative estimate of drug-likeness (QED) is 0.528. The lowest BCUT2D eigenvalue weighted by Gasteiger charge is -2.20. The van der Waals surface area contributed by atoms with Crippen LogP contribution in [0.5, 0.6) is 11.5 Å². The number of nitrogens with zero attached hydrogens (tertiary/aromatic N) is 1. The second kappa shape index (κ2) is 12.7. The summed E-state index contributed by atoms with van der Waals surface area (Å²) in [6.45, 7) is 11.2. The van der Waals surface area contributed by atoms with Crippen LogP contribution in [0.2, 0.25) is 0 Å². The maximum atomic E-state index is 12.7. The molecular weight excluding hydrogens is 406 g/mol. The van der Waals surface area contributed by atoms with Gasteiger partial charge in [0.15, 0.2) is 18.1 Å². The molecule has 174 valence electrons. The molecule has 2 aromatic rings. The van der Waals surface area contributed by atoms with Gasteiger partial charge in [-0.3, -0.25) is 14.5 Å². The first-order chi connectivity index (χ1) is 15.4. The van der Waals surface area contributed by atoms with Gasteiger partial charge in [-0.25, -0.2) is 0 Å². The molecule has 0 unspecified atom stereocenters. The lowest BCUT2D eigenvalue weighted by atomic mass is 10.1. The monoisotopic (exact) mass is 441 g/mol. The van der Waals surface area contributed by atoms with Crippen LogP contribution in [0.25, 0.3) is 0 Å². The Morgan fingerprint density at radius 2 is 1.69 bits per heavy atom. The third kappa shape index (κ3) is 7.57. The molecule has 0 aliphatic rings. The minimum atomic E-state index is -0.216. The molecule has 0 saturated carbocycles. The third-order valence-electron chi connectivity index (χ3n) is 5.08. The number of nitrogens with one attached hydrogen (secondary N) is 2. The van der Waals surface area contributed by atoms with E-state index in [1.807, 2.05) is 32.0 Å². The SMILES string of the molecule is CCN(CC)Cc1ccccc1CNC(=O)c1ccc(OCC(=O)NC(C)C)c(OC)c1. The molecule has 0 aliphatic carbocycles. The summed E-state index contributed by atoms with van der Waals surface area (Å²) in [6, 6.07) is 13.1. The molecule has 2 N–H and O–H groups in total. The Morgan fingerprint density at radius 1 is 1.00 bits per heavy atom. The summed E-state index contributed by atoms with van der Waals surface area (Å²) in [7, 11) is 1.50. The van der Waals surface area contributed by atoms with Crippen molar-refractivity contribution in [2.45, 2.75) is 46.8 Å². The van der Waals surface area contributed by atoms with Crippen LogP contribution >= 0.6 is 0 Å². The van der Waals surface area contributed by atoms with Crippen LogP contribution in [0, 0.1) is 0 Å². The third-order valence-corrected chi connectivity index (χ3v) is 5.08. The van der Waals surface area contributed by atoms with Gasteiger partial charge in [0.25, 0.3) is 11.8 Å². The standard InChI is InChI=1S/C25H35N3O4/c1-6-28(7-2)16-21-11-9-8-10-20(21)15-26-25(30)19-12-13-22(23(14-19)31-5)32-17-24(29)27-18(3)4/h8-14,18H,6-7,15-17H2,1-5H3,(H,26,30)(H,27,29). The molecule has 0 bridgehead atoms. The number of amides is 2. The fourth-order valence-corrected chi connectivity index (χ4v) is 3.28. The van der Waals surface area contributed by atoms with Crippen molar-refractivity contribution in [2.75, 3.05) is 26.8 Å². The molecule has 0 spiro atoms. The molecule has 7 heteroatoms. The van der Waals surface area contributed by atoms with Crippen molar-refractivity contribution in [1.82, 2.24) is 15.5 Å². The molecule has 32 heavy (non-hydrogen) atoms. The van der Waals surface area contributed by atoms with Gasteiger partial charge < -0.3 is 20.1 Å². The van der Waals surface area contributed by atoms with Crippen molar-refractivity contribution >= 4 is 11.8 Å². The van der Waals surface area contributed by atoms with Crippen LogP contribution in [0.15, 0.2) is 42.5 Å². The number of methoxy groups -OCH3 is 1. The second-order valence-corrected chi connectivity index (χ2v) is 7.79. The molecule has 0 aliphatic heterocycles. The average Bonchev–Trinajstić information content (AvgIpc) is 2.79. The molecule has 2 aromatic carbocycles. The Morgan fingerprint density at radius 3 is 2.31 bits per heavy atom. The smallest absolute Gasteiger partial charge is 0.258 e. The molecular formula is C25H35N3O4. The first kappa shape index (κ1) is 25.2. The summed E-state index contributed by atoms with van der Waals surface area (Å²) < 4.78 is 10.9. The minimum Gasteiger partial charge on any atom is -0.493 e. The molecule has 0 heterocycles. The lowest BCUT2D eigenvalue weighted by Crippen LogP contribution is -2.34. The molecule has 7 nitrogen and oxygen atoms in total. The summed E-state index contributed by atoms with van der Waals surface area (Å²) in [5.74, 6) is 0.391. The number of benzene rings is 2. The molecule has 0 atom stereocenters. The van der Waals surface area contributed by atoms with Crippen molar-refractivity contribution in [1.29, 1.82) is 0 Å². The summed E-state index contributed by atoms with van der Waals surface area (Å²) in [5, 5.41) is 5.75. The van der Waals surface area contributed by atoms with Crippen molar-refractivity contribution in [2.24, 2.45) is 0 Å². The van der Waals surface area contributed by atoms with Gasteiger partial charge in [0, 0.05) is 24.7 Å². The molecule has 2 amide bonds. The molecule has 2 rings (SSSR count). The predicted octanol–water partition coefficient (Wildman–Crippen LogP) is 3.37. The van der Waals surface area contributed by atoms with Gasteiger partial charge in [-0.2, -0.15) is 0 Å². The van der Waals surface area contributed by atoms with Crippen LogP contribution in [0.3, 0.4) is 0 Å². The van der Waals surface area contributed by atoms with Crippen LogP contribution in [-0.4, -0.2) is 49.6 Å². The maximum absolute atomic E-state index is 12.7. The number of hydrogen-bond donors (Lipinski definition) is 2. The van der Waals surface area contributed by atoms with E-state index < -0.39 is 0 Å². The highest BCUT2D eigenvalue weighted by molar-refractivity contribution is 5.94. The molecule has 0 fully saturated rings. The Hall–Kier alpha value is -3.06. The van der Waals surface area contributed by atoms with Crippen molar-refractivity contribution in [3.05, 3.63) is 59.2 Å². The average molecular weight is 442 g/mol. The van der Waals surface area contributed by atoms with Gasteiger partial charge in [0.05, 0.1) is 7.11 Å². The highest BCUT2D eigenvalue weighted by Gasteiger charge is 2.14. The fraction of sp³-hybridized carbons (Fsp3) is 0.440. The first-order valence-electron chi connectivity index (χ1n) is 11.0. The van der Waals surface area contributed by atoms with Crippen LogP contribution in [0.1, 0.15) is 49.2 Å². The van der Waals surface area contributed by atoms with Crippen molar-refractivity contribution in [3.8, 4) is 11.5 Å². The van der Waals surface area contributed by atoms with E-state index in [9.17, 15) is 9.59 Å². The van der Waals surface area contributed by atoms with Gasteiger partial charge in [0.1, 0.15) is 0 Å². The largest absolute Gasteiger partial charge is 0.493 e. The van der Waals surface area contributed by atoms with Crippen molar-refractivity contribution in [3.63, 3.8) is 0 Å². The molecule has 0 radical (unpaired) electrons. The Balaban J connectivity index is 2.03. The van der Waals surface area contributed by atoms with Crippen LogP contribution in [0.4, 0.5) is 0 Å². The van der Waals surface area contributed by atoms with E-state index in [-0.39, 0.29) is 24.5 Å². The van der Waals surface area contributed by atoms with E-state index in [2.05, 4.69) is 35.4 Å². The summed E-state index contributed by atoms with van der Waals surface area (Å²) in [6.07, 6.45) is 0. The van der Waals surface area contributed by atoms with Gasteiger partial charge in [-0.15, -0.1) is 0 Å². The van der Waals surface area contributed by atoms with Gasteiger partial charge >= 0.3 is 0 Å². The second-order valence-electron chi connectivity index (χ2n) is 7.79. The maximum Gasteiger partial charge on any atom is 0.258 e. The van der Waals surface area contributed by atoms with E-state index in [4.69, 9.17) is 9.47 Å². The van der Waals surface area contributed by atoms with Gasteiger partial charge in [-0.05, 0) is 56.3 Å². The van der Waals surface area contributed by atoms with Gasteiger partial charge in [-0.1, -0.05) is 38.1 Å². The summed E-state index contributed by atoms with van der Waals surface area (Å²) >= 11 is 0. The highest BCUT2D eigenvalue weighted by Crippen LogP contribution is 2.28. The first-order valence-corrected chi connectivity index (χ1v) is 11.0. The zero-order valence-electron chi connectivity index (χ0n) is 19.7. The Bertz CT molecular complexity index is 895.